The van der Waals surface area contributed by atoms with Gasteiger partial charge in [-0.3, -0.25) is 14.6 Å². The van der Waals surface area contributed by atoms with Gasteiger partial charge in [0.05, 0.1) is 6.42 Å². The molecule has 1 atom stereocenters. The number of carbonyl (C=O) groups excluding carboxylic acids is 2. The van der Waals surface area contributed by atoms with Crippen LogP contribution in [0.25, 0.3) is 0 Å². The van der Waals surface area contributed by atoms with Crippen molar-refractivity contribution in [2.45, 2.75) is 45.9 Å². The minimum Gasteiger partial charge on any atom is -0.481 e. The number of hydrogen-bond acceptors (Lipinski definition) is 5. The van der Waals surface area contributed by atoms with Crippen LogP contribution in [0.4, 0.5) is 0 Å². The predicted octanol–water partition coefficient (Wildman–Crippen LogP) is 4.32. The fraction of sp³-hybridized carbons (Fsp3) is 0.320. The molecule has 2 amide bonds. The van der Waals surface area contributed by atoms with Crippen LogP contribution >= 0.6 is 22.9 Å². The number of thiophene rings is 1. The molecule has 8 heteroatoms. The molecule has 1 aliphatic rings. The number of benzene rings is 1. The van der Waals surface area contributed by atoms with Crippen LogP contribution in [0.2, 0.25) is 5.02 Å². The van der Waals surface area contributed by atoms with Gasteiger partial charge in [0, 0.05) is 36.5 Å². The van der Waals surface area contributed by atoms with E-state index in [1.54, 1.807) is 47.4 Å². The standard InChI is InChI=1S/C25H26ClN3O3S/c1-16-23(13-28-24(30)10-18-7-9-33-15-18)22-6-8-29(14-19(22)12-27-16)25(31)17(2)32-21-5-3-4-20(26)11-21/h3-5,7,9,11-12,15,17H,6,8,10,13-14H2,1-2H3,(H,28,30)/t17-/m0/s1. The summed E-state index contributed by atoms with van der Waals surface area (Å²) in [5.74, 6) is 0.482. The number of nitrogens with zero attached hydrogens (tertiary/aromatic N) is 2. The molecule has 1 aromatic carbocycles. The summed E-state index contributed by atoms with van der Waals surface area (Å²) in [4.78, 5) is 31.7. The van der Waals surface area contributed by atoms with E-state index in [1.807, 2.05) is 29.9 Å². The number of hydrogen-bond donors (Lipinski definition) is 1. The van der Waals surface area contributed by atoms with E-state index in [-0.39, 0.29) is 11.8 Å². The maximum atomic E-state index is 13.0. The SMILES string of the molecule is Cc1ncc2c(c1CNC(=O)Cc1ccsc1)CCN(C(=O)[C@H](C)Oc1cccc(Cl)c1)C2. The van der Waals surface area contributed by atoms with Crippen LogP contribution in [0.15, 0.2) is 47.3 Å². The molecule has 0 fully saturated rings. The molecule has 172 valence electrons. The number of aryl methyl sites for hydroxylation is 1. The van der Waals surface area contributed by atoms with Crippen LogP contribution in [0.1, 0.15) is 34.9 Å². The first-order chi connectivity index (χ1) is 15.9. The van der Waals surface area contributed by atoms with E-state index in [9.17, 15) is 9.59 Å². The molecule has 0 bridgehead atoms. The summed E-state index contributed by atoms with van der Waals surface area (Å²) >= 11 is 7.60. The number of halogens is 1. The van der Waals surface area contributed by atoms with E-state index in [4.69, 9.17) is 16.3 Å². The number of carbonyl (C=O) groups is 2. The fourth-order valence-corrected chi connectivity index (χ4v) is 4.87. The average Bonchev–Trinajstić information content (AvgIpc) is 3.30. The molecule has 0 aliphatic carbocycles. The maximum Gasteiger partial charge on any atom is 0.263 e. The van der Waals surface area contributed by atoms with E-state index in [2.05, 4.69) is 10.3 Å². The Balaban J connectivity index is 1.40. The Morgan fingerprint density at radius 3 is 2.94 bits per heavy atom. The van der Waals surface area contributed by atoms with Gasteiger partial charge in [-0.2, -0.15) is 11.3 Å². The van der Waals surface area contributed by atoms with Crippen molar-refractivity contribution in [1.29, 1.82) is 0 Å². The second-order valence-corrected chi connectivity index (χ2v) is 9.35. The Bertz CT molecular complexity index is 1150. The smallest absolute Gasteiger partial charge is 0.263 e. The molecule has 0 radical (unpaired) electrons. The summed E-state index contributed by atoms with van der Waals surface area (Å²) in [6.07, 6.45) is 2.30. The molecule has 3 heterocycles. The van der Waals surface area contributed by atoms with Crippen molar-refractivity contribution in [3.8, 4) is 5.75 Å². The first-order valence-corrected chi connectivity index (χ1v) is 12.2. The zero-order valence-corrected chi connectivity index (χ0v) is 20.2. The molecule has 2 aromatic heterocycles. The summed E-state index contributed by atoms with van der Waals surface area (Å²) in [7, 11) is 0. The van der Waals surface area contributed by atoms with Crippen LogP contribution in [0.3, 0.4) is 0 Å². The third kappa shape index (κ3) is 5.72. The molecule has 6 nitrogen and oxygen atoms in total. The molecule has 0 saturated carbocycles. The number of aromatic nitrogens is 1. The minimum atomic E-state index is -0.626. The minimum absolute atomic E-state index is 0.00925. The Labute approximate surface area is 202 Å². The van der Waals surface area contributed by atoms with Gasteiger partial charge in [-0.15, -0.1) is 0 Å². The lowest BCUT2D eigenvalue weighted by Crippen LogP contribution is -2.43. The van der Waals surface area contributed by atoms with Crippen LogP contribution in [-0.2, 0) is 35.5 Å². The molecule has 1 N–H and O–H groups in total. The van der Waals surface area contributed by atoms with Crippen molar-refractivity contribution in [2.75, 3.05) is 6.54 Å². The molecule has 0 spiro atoms. The normalized spacial score (nSPS) is 13.8. The highest BCUT2D eigenvalue weighted by molar-refractivity contribution is 7.08. The Kier molecular flexibility index (Phi) is 7.30. The number of pyridine rings is 1. The summed E-state index contributed by atoms with van der Waals surface area (Å²) < 4.78 is 5.81. The molecule has 1 aliphatic heterocycles. The number of nitrogens with one attached hydrogen (secondary N) is 1. The van der Waals surface area contributed by atoms with E-state index < -0.39 is 6.10 Å². The van der Waals surface area contributed by atoms with E-state index >= 15 is 0 Å². The van der Waals surface area contributed by atoms with Gasteiger partial charge in [0.15, 0.2) is 6.10 Å². The van der Waals surface area contributed by atoms with E-state index in [0.29, 0.717) is 43.2 Å². The van der Waals surface area contributed by atoms with Crippen molar-refractivity contribution >= 4 is 34.8 Å². The van der Waals surface area contributed by atoms with Gasteiger partial charge in [0.1, 0.15) is 5.75 Å². The highest BCUT2D eigenvalue weighted by Crippen LogP contribution is 2.25. The monoisotopic (exact) mass is 483 g/mol. The summed E-state index contributed by atoms with van der Waals surface area (Å²) in [5, 5.41) is 7.55. The van der Waals surface area contributed by atoms with E-state index in [0.717, 1.165) is 22.4 Å². The largest absolute Gasteiger partial charge is 0.481 e. The predicted molar refractivity (Wildman–Crippen MR) is 130 cm³/mol. The van der Waals surface area contributed by atoms with Gasteiger partial charge in [0.25, 0.3) is 5.91 Å². The van der Waals surface area contributed by atoms with Crippen molar-refractivity contribution in [1.82, 2.24) is 15.2 Å². The van der Waals surface area contributed by atoms with Crippen LogP contribution < -0.4 is 10.1 Å². The second-order valence-electron chi connectivity index (χ2n) is 8.14. The molecular weight excluding hydrogens is 458 g/mol. The van der Waals surface area contributed by atoms with Gasteiger partial charge in [-0.1, -0.05) is 17.7 Å². The number of ether oxygens (including phenoxy) is 1. The van der Waals surface area contributed by atoms with Crippen molar-refractivity contribution in [2.24, 2.45) is 0 Å². The lowest BCUT2D eigenvalue weighted by molar-refractivity contribution is -0.138. The summed E-state index contributed by atoms with van der Waals surface area (Å²) in [6.45, 7) is 5.21. The van der Waals surface area contributed by atoms with Crippen LogP contribution in [0, 0.1) is 6.92 Å². The number of amides is 2. The van der Waals surface area contributed by atoms with Crippen molar-refractivity contribution < 1.29 is 14.3 Å². The van der Waals surface area contributed by atoms with E-state index in [1.165, 1.54) is 5.56 Å². The lowest BCUT2D eigenvalue weighted by Gasteiger charge is -2.32. The summed E-state index contributed by atoms with van der Waals surface area (Å²) in [5.41, 5.74) is 5.15. The number of rotatable bonds is 7. The highest BCUT2D eigenvalue weighted by atomic mass is 35.5. The molecule has 0 saturated heterocycles. The Morgan fingerprint density at radius 1 is 1.33 bits per heavy atom. The first-order valence-electron chi connectivity index (χ1n) is 10.9. The zero-order valence-electron chi connectivity index (χ0n) is 18.6. The van der Waals surface area contributed by atoms with Gasteiger partial charge in [-0.05, 0) is 77.5 Å². The second kappa shape index (κ2) is 10.4. The number of fused-ring (bicyclic) bond motifs is 1. The molecular formula is C25H26ClN3O3S. The maximum absolute atomic E-state index is 13.0. The third-order valence-electron chi connectivity index (χ3n) is 5.77. The van der Waals surface area contributed by atoms with Crippen molar-refractivity contribution in [3.63, 3.8) is 0 Å². The first kappa shape index (κ1) is 23.3. The van der Waals surface area contributed by atoms with Gasteiger partial charge in [0.2, 0.25) is 5.91 Å². The topological polar surface area (TPSA) is 71.5 Å². The molecule has 33 heavy (non-hydrogen) atoms. The lowest BCUT2D eigenvalue weighted by atomic mass is 9.94. The zero-order chi connectivity index (χ0) is 23.4. The quantitative estimate of drug-likeness (QED) is 0.543. The van der Waals surface area contributed by atoms with Crippen molar-refractivity contribution in [3.05, 3.63) is 80.3 Å². The molecule has 4 rings (SSSR count). The van der Waals surface area contributed by atoms with Gasteiger partial charge < -0.3 is 15.0 Å². The molecule has 3 aromatic rings. The average molecular weight is 484 g/mol. The fourth-order valence-electron chi connectivity index (χ4n) is 4.02. The summed E-state index contributed by atoms with van der Waals surface area (Å²) in [6, 6.07) is 9.00. The molecule has 0 unspecified atom stereocenters. The Hall–Kier alpha value is -2.90. The van der Waals surface area contributed by atoms with Gasteiger partial charge >= 0.3 is 0 Å². The van der Waals surface area contributed by atoms with Gasteiger partial charge in [-0.25, -0.2) is 0 Å². The Morgan fingerprint density at radius 2 is 2.18 bits per heavy atom. The third-order valence-corrected chi connectivity index (χ3v) is 6.74. The highest BCUT2D eigenvalue weighted by Gasteiger charge is 2.28. The van der Waals surface area contributed by atoms with Crippen LogP contribution in [0.5, 0.6) is 5.75 Å². The van der Waals surface area contributed by atoms with Crippen LogP contribution in [-0.4, -0.2) is 34.3 Å².